The summed E-state index contributed by atoms with van der Waals surface area (Å²) in [6, 6.07) is 11.2. The van der Waals surface area contributed by atoms with Gasteiger partial charge in [-0.1, -0.05) is 17.7 Å². The highest BCUT2D eigenvalue weighted by molar-refractivity contribution is 6.30. The quantitative estimate of drug-likeness (QED) is 0.663. The van der Waals surface area contributed by atoms with Gasteiger partial charge in [0.25, 0.3) is 0 Å². The van der Waals surface area contributed by atoms with Crippen molar-refractivity contribution in [3.8, 4) is 5.69 Å². The summed E-state index contributed by atoms with van der Waals surface area (Å²) in [6.07, 6.45) is 0.599. The second-order valence-electron chi connectivity index (χ2n) is 6.58. The van der Waals surface area contributed by atoms with Gasteiger partial charge in [0.2, 0.25) is 5.91 Å². The number of pyridine rings is 2. The molecule has 1 aliphatic heterocycles. The molecule has 6 heteroatoms. The molecule has 0 N–H and O–H groups in total. The molecule has 3 aromatic rings. The van der Waals surface area contributed by atoms with Gasteiger partial charge in [0.15, 0.2) is 5.43 Å². The molecule has 0 saturated carbocycles. The zero-order valence-corrected chi connectivity index (χ0v) is 15.4. The van der Waals surface area contributed by atoms with E-state index < -0.39 is 0 Å². The Morgan fingerprint density at radius 3 is 2.77 bits per heavy atom. The van der Waals surface area contributed by atoms with Crippen LogP contribution in [0.3, 0.4) is 0 Å². The summed E-state index contributed by atoms with van der Waals surface area (Å²) in [7, 11) is 0. The average molecular weight is 368 g/mol. The lowest BCUT2D eigenvalue weighted by Crippen LogP contribution is -2.39. The Hall–Kier alpha value is -2.66. The maximum Gasteiger partial charge on any atom is 0.219 e. The van der Waals surface area contributed by atoms with E-state index in [2.05, 4.69) is 4.98 Å². The van der Waals surface area contributed by atoms with E-state index in [0.717, 1.165) is 17.1 Å². The number of nitrogens with zero attached hydrogens (tertiary/aromatic N) is 3. The fraction of sp³-hybridized carbons (Fsp3) is 0.250. The highest BCUT2D eigenvalue weighted by Gasteiger charge is 2.26. The van der Waals surface area contributed by atoms with Crippen LogP contribution in [0.1, 0.15) is 23.9 Å². The molecule has 0 unspecified atom stereocenters. The van der Waals surface area contributed by atoms with Gasteiger partial charge in [-0.15, -0.1) is 0 Å². The molecule has 132 valence electrons. The summed E-state index contributed by atoms with van der Waals surface area (Å²) >= 11 is 6.21. The normalized spacial score (nSPS) is 13.7. The molecule has 2 aromatic heterocycles. The average Bonchev–Trinajstić information content (AvgIpc) is 2.61. The van der Waals surface area contributed by atoms with Gasteiger partial charge in [-0.25, -0.2) is 4.98 Å². The maximum absolute atomic E-state index is 13.1. The maximum atomic E-state index is 13.1. The van der Waals surface area contributed by atoms with Crippen LogP contribution in [-0.4, -0.2) is 26.9 Å². The third kappa shape index (κ3) is 2.69. The van der Waals surface area contributed by atoms with Crippen LogP contribution in [0.4, 0.5) is 0 Å². The highest BCUT2D eigenvalue weighted by Crippen LogP contribution is 2.26. The van der Waals surface area contributed by atoms with Crippen LogP contribution in [0.2, 0.25) is 5.02 Å². The van der Waals surface area contributed by atoms with Crippen molar-refractivity contribution in [1.82, 2.24) is 14.5 Å². The molecule has 0 atom stereocenters. The molecule has 1 amide bonds. The third-order valence-electron chi connectivity index (χ3n) is 4.84. The number of hydrogen-bond acceptors (Lipinski definition) is 3. The van der Waals surface area contributed by atoms with Crippen LogP contribution in [0.5, 0.6) is 0 Å². The minimum Gasteiger partial charge on any atom is -0.338 e. The number of amides is 1. The van der Waals surface area contributed by atoms with Gasteiger partial charge in [-0.2, -0.15) is 0 Å². The number of rotatable bonds is 1. The van der Waals surface area contributed by atoms with E-state index in [9.17, 15) is 9.59 Å². The van der Waals surface area contributed by atoms with Crippen LogP contribution in [-0.2, 0) is 17.8 Å². The number of aromatic nitrogens is 2. The van der Waals surface area contributed by atoms with Gasteiger partial charge >= 0.3 is 0 Å². The SMILES string of the molecule is CC(=O)N1CCc2c(c(=O)c3ccc(C)nc3n2-c2cccc(Cl)c2)C1. The van der Waals surface area contributed by atoms with Crippen molar-refractivity contribution in [3.63, 3.8) is 0 Å². The van der Waals surface area contributed by atoms with Crippen molar-refractivity contribution >= 4 is 28.5 Å². The first-order valence-electron chi connectivity index (χ1n) is 8.51. The summed E-state index contributed by atoms with van der Waals surface area (Å²) in [6.45, 7) is 4.35. The van der Waals surface area contributed by atoms with Gasteiger partial charge in [0.1, 0.15) is 5.65 Å². The van der Waals surface area contributed by atoms with Crippen LogP contribution >= 0.6 is 11.6 Å². The Morgan fingerprint density at radius 1 is 1.23 bits per heavy atom. The Labute approximate surface area is 155 Å². The number of carbonyl (C=O) groups is 1. The number of aryl methyl sites for hydroxylation is 1. The largest absolute Gasteiger partial charge is 0.338 e. The lowest BCUT2D eigenvalue weighted by molar-refractivity contribution is -0.129. The Kier molecular flexibility index (Phi) is 4.04. The monoisotopic (exact) mass is 367 g/mol. The molecule has 0 spiro atoms. The fourth-order valence-corrected chi connectivity index (χ4v) is 3.73. The first-order valence-corrected chi connectivity index (χ1v) is 8.89. The lowest BCUT2D eigenvalue weighted by Gasteiger charge is -2.30. The number of carbonyl (C=O) groups excluding carboxylic acids is 1. The van der Waals surface area contributed by atoms with Crippen molar-refractivity contribution < 1.29 is 4.79 Å². The predicted octanol–water partition coefficient (Wildman–Crippen LogP) is 3.25. The molecule has 0 aliphatic carbocycles. The first kappa shape index (κ1) is 16.8. The van der Waals surface area contributed by atoms with Gasteiger partial charge < -0.3 is 4.90 Å². The topological polar surface area (TPSA) is 55.2 Å². The van der Waals surface area contributed by atoms with Gasteiger partial charge in [-0.05, 0) is 37.3 Å². The van der Waals surface area contributed by atoms with E-state index in [-0.39, 0.29) is 11.3 Å². The number of benzene rings is 1. The summed E-state index contributed by atoms with van der Waals surface area (Å²) in [5.74, 6) is -0.0218. The van der Waals surface area contributed by atoms with Crippen molar-refractivity contribution in [1.29, 1.82) is 0 Å². The molecule has 1 aliphatic rings. The number of fused-ring (bicyclic) bond motifs is 2. The standard InChI is InChI=1S/C20H18ClN3O2/c1-12-6-7-16-19(26)17-11-23(13(2)25)9-8-18(17)24(20(16)22-12)15-5-3-4-14(21)10-15/h3-7,10H,8-9,11H2,1-2H3. The van der Waals surface area contributed by atoms with Gasteiger partial charge in [0, 0.05) is 47.6 Å². The molecule has 3 heterocycles. The molecule has 26 heavy (non-hydrogen) atoms. The molecule has 0 radical (unpaired) electrons. The first-order chi connectivity index (χ1) is 12.5. The molecule has 5 nitrogen and oxygen atoms in total. The fourth-order valence-electron chi connectivity index (χ4n) is 3.55. The van der Waals surface area contributed by atoms with Crippen molar-refractivity contribution in [3.05, 3.63) is 68.6 Å². The summed E-state index contributed by atoms with van der Waals surface area (Å²) < 4.78 is 2.02. The predicted molar refractivity (Wildman–Crippen MR) is 102 cm³/mol. The van der Waals surface area contributed by atoms with E-state index in [0.29, 0.717) is 41.1 Å². The Balaban J connectivity index is 2.09. The second-order valence-corrected chi connectivity index (χ2v) is 7.02. The van der Waals surface area contributed by atoms with Crippen molar-refractivity contribution in [2.75, 3.05) is 6.54 Å². The molecule has 0 fully saturated rings. The van der Waals surface area contributed by atoms with E-state index in [1.165, 1.54) is 6.92 Å². The van der Waals surface area contributed by atoms with Gasteiger partial charge in [-0.3, -0.25) is 14.2 Å². The molecule has 0 saturated heterocycles. The summed E-state index contributed by atoms with van der Waals surface area (Å²) in [5.41, 5.74) is 3.85. The molecular weight excluding hydrogens is 350 g/mol. The molecule has 1 aromatic carbocycles. The van der Waals surface area contributed by atoms with E-state index in [4.69, 9.17) is 11.6 Å². The molecule has 4 rings (SSSR count). The molecule has 0 bridgehead atoms. The zero-order chi connectivity index (χ0) is 18.4. The highest BCUT2D eigenvalue weighted by atomic mass is 35.5. The van der Waals surface area contributed by atoms with Crippen molar-refractivity contribution in [2.24, 2.45) is 0 Å². The molecular formula is C20H18ClN3O2. The van der Waals surface area contributed by atoms with Gasteiger partial charge in [0.05, 0.1) is 11.9 Å². The Morgan fingerprint density at radius 2 is 2.04 bits per heavy atom. The smallest absolute Gasteiger partial charge is 0.219 e. The Bertz CT molecular complexity index is 1100. The van der Waals surface area contributed by atoms with E-state index in [1.54, 1.807) is 4.90 Å². The van der Waals surface area contributed by atoms with Crippen LogP contribution in [0, 0.1) is 6.92 Å². The van der Waals surface area contributed by atoms with E-state index in [1.807, 2.05) is 47.9 Å². The minimum absolute atomic E-state index is 0.0218. The summed E-state index contributed by atoms with van der Waals surface area (Å²) in [5, 5.41) is 1.18. The zero-order valence-electron chi connectivity index (χ0n) is 14.6. The number of hydrogen-bond donors (Lipinski definition) is 0. The second kappa shape index (κ2) is 6.25. The van der Waals surface area contributed by atoms with Crippen molar-refractivity contribution in [2.45, 2.75) is 26.8 Å². The summed E-state index contributed by atoms with van der Waals surface area (Å²) in [4.78, 5) is 31.3. The third-order valence-corrected chi connectivity index (χ3v) is 5.08. The minimum atomic E-state index is -0.0493. The van der Waals surface area contributed by atoms with Crippen LogP contribution in [0.15, 0.2) is 41.2 Å². The van der Waals surface area contributed by atoms with Crippen LogP contribution < -0.4 is 5.43 Å². The van der Waals surface area contributed by atoms with Crippen LogP contribution in [0.25, 0.3) is 16.7 Å². The lowest BCUT2D eigenvalue weighted by atomic mass is 10.0. The van der Waals surface area contributed by atoms with E-state index >= 15 is 0 Å². The number of halogens is 1.